The molecule has 5 nitrogen and oxygen atoms in total. The number of carbonyl (C=O) groups excluding carboxylic acids is 2. The van der Waals surface area contributed by atoms with Crippen molar-refractivity contribution in [1.29, 1.82) is 0 Å². The van der Waals surface area contributed by atoms with Crippen LogP contribution >= 0.6 is 0 Å². The third-order valence-corrected chi connectivity index (χ3v) is 8.85. The number of nitrogens with one attached hydrogen (secondary N) is 1. The standard InChI is InChI=1S/C32H37N3O2/c36-31(33-30-11-5-9-24-7-3-4-10-29(24)30)25-14-18-34(19-15-25)28-16-20-35(21-17-28)32(37)27-13-12-23-6-1-2-8-26(23)22-27/h1-4,6-8,10,12-13,22,25,28,30H,5,9,11,14-21H2,(H,33,36). The van der Waals surface area contributed by atoms with Crippen LogP contribution in [-0.2, 0) is 11.2 Å². The third kappa shape index (κ3) is 5.15. The highest BCUT2D eigenvalue weighted by molar-refractivity contribution is 5.98. The number of hydrogen-bond donors (Lipinski definition) is 1. The zero-order valence-corrected chi connectivity index (χ0v) is 21.6. The van der Waals surface area contributed by atoms with Gasteiger partial charge < -0.3 is 15.1 Å². The van der Waals surface area contributed by atoms with Crippen molar-refractivity contribution in [3.63, 3.8) is 0 Å². The second-order valence-electron chi connectivity index (χ2n) is 11.0. The minimum atomic E-state index is 0.111. The average molecular weight is 496 g/mol. The van der Waals surface area contributed by atoms with Crippen molar-refractivity contribution in [2.24, 2.45) is 5.92 Å². The van der Waals surface area contributed by atoms with E-state index in [1.165, 1.54) is 16.5 Å². The summed E-state index contributed by atoms with van der Waals surface area (Å²) >= 11 is 0. The molecular formula is C32H37N3O2. The summed E-state index contributed by atoms with van der Waals surface area (Å²) in [5.41, 5.74) is 3.48. The van der Waals surface area contributed by atoms with Crippen LogP contribution in [0.1, 0.15) is 66.1 Å². The molecule has 37 heavy (non-hydrogen) atoms. The Bertz CT molecular complexity index is 1270. The molecule has 5 heteroatoms. The molecule has 2 saturated heterocycles. The molecule has 1 aliphatic carbocycles. The fourth-order valence-corrected chi connectivity index (χ4v) is 6.66. The molecule has 2 heterocycles. The zero-order valence-electron chi connectivity index (χ0n) is 21.6. The predicted molar refractivity (Wildman–Crippen MR) is 147 cm³/mol. The molecule has 0 aromatic heterocycles. The molecule has 1 N–H and O–H groups in total. The minimum absolute atomic E-state index is 0.111. The molecule has 2 fully saturated rings. The molecule has 3 aromatic carbocycles. The van der Waals surface area contributed by atoms with Gasteiger partial charge in [0, 0.05) is 30.6 Å². The second-order valence-corrected chi connectivity index (χ2v) is 11.0. The lowest BCUT2D eigenvalue weighted by molar-refractivity contribution is -0.127. The van der Waals surface area contributed by atoms with Crippen LogP contribution in [0.4, 0.5) is 0 Å². The van der Waals surface area contributed by atoms with Crippen molar-refractivity contribution >= 4 is 22.6 Å². The molecule has 0 radical (unpaired) electrons. The lowest BCUT2D eigenvalue weighted by Gasteiger charge is -2.41. The molecule has 1 unspecified atom stereocenters. The van der Waals surface area contributed by atoms with Gasteiger partial charge in [-0.1, -0.05) is 54.6 Å². The molecule has 1 atom stereocenters. The van der Waals surface area contributed by atoms with E-state index in [9.17, 15) is 9.59 Å². The van der Waals surface area contributed by atoms with E-state index >= 15 is 0 Å². The Morgan fingerprint density at radius 2 is 1.49 bits per heavy atom. The monoisotopic (exact) mass is 495 g/mol. The lowest BCUT2D eigenvalue weighted by atomic mass is 9.86. The SMILES string of the molecule is O=C(NC1CCCc2ccccc21)C1CCN(C2CCN(C(=O)c3ccc4ccccc4c3)CC2)CC1. The summed E-state index contributed by atoms with van der Waals surface area (Å²) in [5.74, 6) is 0.487. The van der Waals surface area contributed by atoms with Crippen molar-refractivity contribution < 1.29 is 9.59 Å². The number of carbonyl (C=O) groups is 2. The Kier molecular flexibility index (Phi) is 6.97. The van der Waals surface area contributed by atoms with Crippen molar-refractivity contribution in [3.05, 3.63) is 83.4 Å². The van der Waals surface area contributed by atoms with E-state index in [-0.39, 0.29) is 23.8 Å². The molecule has 3 aliphatic rings. The van der Waals surface area contributed by atoms with Gasteiger partial charge in [0.25, 0.3) is 5.91 Å². The zero-order chi connectivity index (χ0) is 25.2. The Hall–Kier alpha value is -3.18. The second kappa shape index (κ2) is 10.7. The highest BCUT2D eigenvalue weighted by Crippen LogP contribution is 2.31. The first-order chi connectivity index (χ1) is 18.2. The molecule has 3 aromatic rings. The quantitative estimate of drug-likeness (QED) is 0.531. The maximum absolute atomic E-state index is 13.2. The van der Waals surface area contributed by atoms with Crippen LogP contribution in [0, 0.1) is 5.92 Å². The van der Waals surface area contributed by atoms with Gasteiger partial charge in [0.2, 0.25) is 5.91 Å². The number of rotatable bonds is 4. The van der Waals surface area contributed by atoms with Gasteiger partial charge in [0.05, 0.1) is 6.04 Å². The van der Waals surface area contributed by atoms with E-state index in [2.05, 4.69) is 46.6 Å². The Balaban J connectivity index is 0.986. The molecule has 192 valence electrons. The maximum Gasteiger partial charge on any atom is 0.253 e. The van der Waals surface area contributed by atoms with Gasteiger partial charge >= 0.3 is 0 Å². The van der Waals surface area contributed by atoms with E-state index in [0.29, 0.717) is 6.04 Å². The van der Waals surface area contributed by atoms with Gasteiger partial charge in [0.15, 0.2) is 0 Å². The highest BCUT2D eigenvalue weighted by atomic mass is 16.2. The summed E-state index contributed by atoms with van der Waals surface area (Å²) in [5, 5.41) is 5.66. The minimum Gasteiger partial charge on any atom is -0.349 e. The van der Waals surface area contributed by atoms with Crippen LogP contribution in [0.25, 0.3) is 10.8 Å². The van der Waals surface area contributed by atoms with Crippen molar-refractivity contribution in [3.8, 4) is 0 Å². The Labute approximate surface area is 219 Å². The summed E-state index contributed by atoms with van der Waals surface area (Å²) < 4.78 is 0. The fraction of sp³-hybridized carbons (Fsp3) is 0.438. The summed E-state index contributed by atoms with van der Waals surface area (Å²) in [6, 6.07) is 23.5. The topological polar surface area (TPSA) is 52.7 Å². The molecule has 2 aliphatic heterocycles. The van der Waals surface area contributed by atoms with Gasteiger partial charge in [-0.15, -0.1) is 0 Å². The van der Waals surface area contributed by atoms with E-state index in [4.69, 9.17) is 0 Å². The van der Waals surface area contributed by atoms with Crippen LogP contribution in [0.3, 0.4) is 0 Å². The number of fused-ring (bicyclic) bond motifs is 2. The average Bonchev–Trinajstić information content (AvgIpc) is 2.97. The first-order valence-electron chi connectivity index (χ1n) is 14.1. The summed E-state index contributed by atoms with van der Waals surface area (Å²) in [4.78, 5) is 30.9. The van der Waals surface area contributed by atoms with E-state index in [1.54, 1.807) is 0 Å². The van der Waals surface area contributed by atoms with Gasteiger partial charge in [-0.3, -0.25) is 9.59 Å². The molecule has 0 saturated carbocycles. The van der Waals surface area contributed by atoms with Crippen molar-refractivity contribution in [1.82, 2.24) is 15.1 Å². The molecule has 0 bridgehead atoms. The summed E-state index contributed by atoms with van der Waals surface area (Å²) in [6.45, 7) is 3.56. The van der Waals surface area contributed by atoms with E-state index in [1.807, 2.05) is 35.2 Å². The van der Waals surface area contributed by atoms with Crippen molar-refractivity contribution in [2.45, 2.75) is 57.0 Å². The highest BCUT2D eigenvalue weighted by Gasteiger charge is 2.33. The van der Waals surface area contributed by atoms with Gasteiger partial charge in [-0.2, -0.15) is 0 Å². The van der Waals surface area contributed by atoms with Gasteiger partial charge in [-0.25, -0.2) is 0 Å². The number of nitrogens with zero attached hydrogens (tertiary/aromatic N) is 2. The molecular weight excluding hydrogens is 458 g/mol. The van der Waals surface area contributed by atoms with Crippen LogP contribution < -0.4 is 5.32 Å². The third-order valence-electron chi connectivity index (χ3n) is 8.85. The first kappa shape index (κ1) is 24.2. The molecule has 2 amide bonds. The predicted octanol–water partition coefficient (Wildman–Crippen LogP) is 5.35. The number of likely N-dealkylation sites (tertiary alicyclic amines) is 2. The largest absolute Gasteiger partial charge is 0.349 e. The number of piperidine rings is 2. The van der Waals surface area contributed by atoms with Gasteiger partial charge in [0.1, 0.15) is 0 Å². The lowest BCUT2D eigenvalue weighted by Crippen LogP contribution is -2.50. The maximum atomic E-state index is 13.2. The smallest absolute Gasteiger partial charge is 0.253 e. The van der Waals surface area contributed by atoms with Crippen molar-refractivity contribution in [2.75, 3.05) is 26.2 Å². The fourth-order valence-electron chi connectivity index (χ4n) is 6.66. The van der Waals surface area contributed by atoms with Gasteiger partial charge in [-0.05, 0) is 92.1 Å². The molecule has 0 spiro atoms. The van der Waals surface area contributed by atoms with Crippen LogP contribution in [0.5, 0.6) is 0 Å². The molecule has 6 rings (SSSR count). The summed E-state index contributed by atoms with van der Waals surface area (Å²) in [6.07, 6.45) is 7.17. The van der Waals surface area contributed by atoms with Crippen LogP contribution in [0.15, 0.2) is 66.7 Å². The van der Waals surface area contributed by atoms with E-state index in [0.717, 1.165) is 82.1 Å². The first-order valence-corrected chi connectivity index (χ1v) is 14.1. The van der Waals surface area contributed by atoms with E-state index < -0.39 is 0 Å². The Morgan fingerprint density at radius 3 is 2.30 bits per heavy atom. The number of aryl methyl sites for hydroxylation is 1. The van der Waals surface area contributed by atoms with Crippen LogP contribution in [0.2, 0.25) is 0 Å². The van der Waals surface area contributed by atoms with Crippen LogP contribution in [-0.4, -0.2) is 53.8 Å². The number of hydrogen-bond acceptors (Lipinski definition) is 3. The Morgan fingerprint density at radius 1 is 0.757 bits per heavy atom. The summed E-state index contributed by atoms with van der Waals surface area (Å²) in [7, 11) is 0. The number of benzene rings is 3. The normalized spacial score (nSPS) is 21.5. The number of amides is 2.